The van der Waals surface area contributed by atoms with Gasteiger partial charge in [0.2, 0.25) is 5.91 Å². The zero-order valence-corrected chi connectivity index (χ0v) is 11.5. The predicted octanol–water partition coefficient (Wildman–Crippen LogP) is 2.94. The molecule has 0 aliphatic rings. The molecule has 2 N–H and O–H groups in total. The van der Waals surface area contributed by atoms with Crippen LogP contribution < -0.4 is 5.32 Å². The number of carbonyl (C=O) groups is 1. The quantitative estimate of drug-likeness (QED) is 0.833. The summed E-state index contributed by atoms with van der Waals surface area (Å²) in [5.41, 5.74) is 0.452. The predicted molar refractivity (Wildman–Crippen MR) is 77.1 cm³/mol. The van der Waals surface area contributed by atoms with Crippen molar-refractivity contribution in [3.05, 3.63) is 59.9 Å². The first-order valence-corrected chi connectivity index (χ1v) is 7.06. The molecule has 0 aliphatic carbocycles. The molecule has 0 bridgehead atoms. The van der Waals surface area contributed by atoms with E-state index in [1.54, 1.807) is 42.5 Å². The van der Waals surface area contributed by atoms with Crippen LogP contribution in [0.15, 0.2) is 53.4 Å². The molecule has 0 heterocycles. The number of thioether (sulfide) groups is 1. The number of halogens is 1. The number of hydrogen-bond acceptors (Lipinski definition) is 3. The lowest BCUT2D eigenvalue weighted by molar-refractivity contribution is -0.118. The summed E-state index contributed by atoms with van der Waals surface area (Å²) in [6, 6.07) is 13.1. The number of hydrogen-bond donors (Lipinski definition) is 2. The Morgan fingerprint density at radius 3 is 2.60 bits per heavy atom. The van der Waals surface area contributed by atoms with Crippen LogP contribution in [0, 0.1) is 5.82 Å². The van der Waals surface area contributed by atoms with Crippen molar-refractivity contribution in [2.75, 3.05) is 5.75 Å². The lowest BCUT2D eigenvalue weighted by Gasteiger charge is -2.07. The number of phenolic OH excluding ortho intramolecular Hbond substituents is 1. The highest BCUT2D eigenvalue weighted by molar-refractivity contribution is 8.00. The van der Waals surface area contributed by atoms with E-state index in [1.807, 2.05) is 0 Å². The number of carbonyl (C=O) groups excluding carboxylic acids is 1. The molecule has 20 heavy (non-hydrogen) atoms. The monoisotopic (exact) mass is 291 g/mol. The second-order valence-corrected chi connectivity index (χ2v) is 5.14. The maximum atomic E-state index is 13.4. The van der Waals surface area contributed by atoms with Crippen LogP contribution in [-0.2, 0) is 11.3 Å². The van der Waals surface area contributed by atoms with Crippen LogP contribution in [0.25, 0.3) is 0 Å². The summed E-state index contributed by atoms with van der Waals surface area (Å²) in [7, 11) is 0. The molecule has 3 nitrogen and oxygen atoms in total. The van der Waals surface area contributed by atoms with E-state index < -0.39 is 0 Å². The van der Waals surface area contributed by atoms with Gasteiger partial charge in [-0.3, -0.25) is 4.79 Å². The largest absolute Gasteiger partial charge is 0.507 e. The maximum Gasteiger partial charge on any atom is 0.230 e. The molecule has 0 fully saturated rings. The number of benzene rings is 2. The topological polar surface area (TPSA) is 49.3 Å². The van der Waals surface area contributed by atoms with Crippen LogP contribution in [-0.4, -0.2) is 16.8 Å². The Hall–Kier alpha value is -2.01. The van der Waals surface area contributed by atoms with E-state index in [-0.39, 0.29) is 29.8 Å². The second-order valence-electron chi connectivity index (χ2n) is 4.12. The van der Waals surface area contributed by atoms with Crippen molar-refractivity contribution < 1.29 is 14.3 Å². The van der Waals surface area contributed by atoms with Crippen LogP contribution in [0.4, 0.5) is 4.39 Å². The van der Waals surface area contributed by atoms with E-state index in [0.717, 1.165) is 0 Å². The Bertz CT molecular complexity index is 552. The maximum absolute atomic E-state index is 13.4. The van der Waals surface area contributed by atoms with Gasteiger partial charge in [-0.1, -0.05) is 30.3 Å². The van der Waals surface area contributed by atoms with Crippen molar-refractivity contribution in [1.82, 2.24) is 5.32 Å². The van der Waals surface area contributed by atoms with Gasteiger partial charge >= 0.3 is 0 Å². The Kier molecular flexibility index (Phi) is 5.01. The molecule has 5 heteroatoms. The smallest absolute Gasteiger partial charge is 0.230 e. The molecule has 1 amide bonds. The van der Waals surface area contributed by atoms with E-state index in [0.29, 0.717) is 10.5 Å². The molecule has 0 radical (unpaired) electrons. The van der Waals surface area contributed by atoms with Crippen molar-refractivity contribution in [3.8, 4) is 5.75 Å². The van der Waals surface area contributed by atoms with Crippen LogP contribution in [0.1, 0.15) is 5.56 Å². The average molecular weight is 291 g/mol. The van der Waals surface area contributed by atoms with E-state index in [9.17, 15) is 14.3 Å². The zero-order valence-electron chi connectivity index (χ0n) is 10.7. The highest BCUT2D eigenvalue weighted by Gasteiger charge is 2.07. The number of nitrogens with one attached hydrogen (secondary N) is 1. The summed E-state index contributed by atoms with van der Waals surface area (Å²) in [5, 5.41) is 12.2. The molecule has 2 aromatic rings. The highest BCUT2D eigenvalue weighted by atomic mass is 32.2. The number of aromatic hydroxyl groups is 1. The third kappa shape index (κ3) is 3.99. The molecule has 0 aliphatic heterocycles. The van der Waals surface area contributed by atoms with Crippen molar-refractivity contribution >= 4 is 17.7 Å². The van der Waals surface area contributed by atoms with Gasteiger partial charge in [0.05, 0.1) is 5.75 Å². The normalized spacial score (nSPS) is 10.2. The minimum absolute atomic E-state index is 0.152. The van der Waals surface area contributed by atoms with Gasteiger partial charge in [0.15, 0.2) is 0 Å². The number of phenols is 1. The summed E-state index contributed by atoms with van der Waals surface area (Å²) in [5.74, 6) is -0.214. The summed E-state index contributed by atoms with van der Waals surface area (Å²) in [4.78, 5) is 12.3. The minimum atomic E-state index is -0.332. The Morgan fingerprint density at radius 2 is 1.85 bits per heavy atom. The molecule has 0 atom stereocenters. The summed E-state index contributed by atoms with van der Waals surface area (Å²) in [6.07, 6.45) is 0. The average Bonchev–Trinajstić information content (AvgIpc) is 2.45. The molecular formula is C15H14FNO2S. The van der Waals surface area contributed by atoms with E-state index >= 15 is 0 Å². The second kappa shape index (κ2) is 6.96. The Morgan fingerprint density at radius 1 is 1.15 bits per heavy atom. The molecule has 104 valence electrons. The summed E-state index contributed by atoms with van der Waals surface area (Å²) >= 11 is 1.24. The van der Waals surface area contributed by atoms with Crippen LogP contribution >= 0.6 is 11.8 Å². The molecule has 0 aromatic heterocycles. The van der Waals surface area contributed by atoms with Gasteiger partial charge in [0, 0.05) is 17.0 Å². The van der Waals surface area contributed by atoms with E-state index in [4.69, 9.17) is 0 Å². The molecular weight excluding hydrogens is 277 g/mol. The first-order chi connectivity index (χ1) is 9.66. The highest BCUT2D eigenvalue weighted by Crippen LogP contribution is 2.27. The minimum Gasteiger partial charge on any atom is -0.507 e. The van der Waals surface area contributed by atoms with Gasteiger partial charge in [-0.15, -0.1) is 11.8 Å². The SMILES string of the molecule is O=C(CSc1ccccc1O)NCc1ccccc1F. The fraction of sp³-hybridized carbons (Fsp3) is 0.133. The lowest BCUT2D eigenvalue weighted by atomic mass is 10.2. The standard InChI is InChI=1S/C15H14FNO2S/c16-12-6-2-1-5-11(12)9-17-15(19)10-20-14-8-4-3-7-13(14)18/h1-8,18H,9-10H2,(H,17,19). The zero-order chi connectivity index (χ0) is 14.4. The fourth-order valence-corrected chi connectivity index (χ4v) is 2.39. The number of para-hydroxylation sites is 1. The first kappa shape index (κ1) is 14.4. The first-order valence-electron chi connectivity index (χ1n) is 6.07. The van der Waals surface area contributed by atoms with Gasteiger partial charge < -0.3 is 10.4 Å². The van der Waals surface area contributed by atoms with E-state index in [1.165, 1.54) is 17.8 Å². The van der Waals surface area contributed by atoms with Crippen molar-refractivity contribution in [2.24, 2.45) is 0 Å². The van der Waals surface area contributed by atoms with Gasteiger partial charge in [0.25, 0.3) is 0 Å². The third-order valence-corrected chi connectivity index (χ3v) is 3.72. The lowest BCUT2D eigenvalue weighted by Crippen LogP contribution is -2.25. The number of amides is 1. The van der Waals surface area contributed by atoms with Crippen LogP contribution in [0.5, 0.6) is 5.75 Å². The van der Waals surface area contributed by atoms with Crippen molar-refractivity contribution in [3.63, 3.8) is 0 Å². The third-order valence-electron chi connectivity index (χ3n) is 2.66. The van der Waals surface area contributed by atoms with Gasteiger partial charge in [-0.05, 0) is 18.2 Å². The molecule has 0 unspecified atom stereocenters. The molecule has 0 saturated carbocycles. The molecule has 2 rings (SSSR count). The van der Waals surface area contributed by atoms with Gasteiger partial charge in [-0.2, -0.15) is 0 Å². The van der Waals surface area contributed by atoms with Gasteiger partial charge in [-0.25, -0.2) is 4.39 Å². The van der Waals surface area contributed by atoms with Crippen LogP contribution in [0.2, 0.25) is 0 Å². The summed E-state index contributed by atoms with van der Waals surface area (Å²) in [6.45, 7) is 0.160. The van der Waals surface area contributed by atoms with Crippen molar-refractivity contribution in [1.29, 1.82) is 0 Å². The molecule has 0 spiro atoms. The number of rotatable bonds is 5. The molecule has 0 saturated heterocycles. The molecule has 2 aromatic carbocycles. The van der Waals surface area contributed by atoms with Crippen molar-refractivity contribution in [2.45, 2.75) is 11.4 Å². The van der Waals surface area contributed by atoms with E-state index in [2.05, 4.69) is 5.32 Å². The van der Waals surface area contributed by atoms with Crippen LogP contribution in [0.3, 0.4) is 0 Å². The Labute approximate surface area is 120 Å². The van der Waals surface area contributed by atoms with Gasteiger partial charge in [0.1, 0.15) is 11.6 Å². The Balaban J connectivity index is 1.82. The summed E-state index contributed by atoms with van der Waals surface area (Å²) < 4.78 is 13.4. The fourth-order valence-electron chi connectivity index (χ4n) is 1.61.